The zero-order valence-electron chi connectivity index (χ0n) is 32.9. The van der Waals surface area contributed by atoms with Gasteiger partial charge in [-0.2, -0.15) is 0 Å². The van der Waals surface area contributed by atoms with E-state index in [9.17, 15) is 0 Å². The number of aromatic nitrogens is 2. The van der Waals surface area contributed by atoms with Gasteiger partial charge in [-0.05, 0) is 147 Å². The first-order chi connectivity index (χ1) is 28.5. The van der Waals surface area contributed by atoms with Crippen molar-refractivity contribution in [2.45, 2.75) is 50.9 Å². The van der Waals surface area contributed by atoms with Gasteiger partial charge in [0.15, 0.2) is 0 Å². The highest BCUT2D eigenvalue weighted by atomic mass is 15.2. The van der Waals surface area contributed by atoms with Crippen LogP contribution in [-0.4, -0.2) is 9.97 Å². The van der Waals surface area contributed by atoms with Crippen LogP contribution >= 0.6 is 0 Å². The van der Waals surface area contributed by atoms with Gasteiger partial charge in [0.1, 0.15) is 11.6 Å². The zero-order valence-corrected chi connectivity index (χ0v) is 32.9. The van der Waals surface area contributed by atoms with Crippen molar-refractivity contribution in [1.29, 1.82) is 0 Å². The summed E-state index contributed by atoms with van der Waals surface area (Å²) >= 11 is 0. The number of hydrogen-bond donors (Lipinski definition) is 0. The van der Waals surface area contributed by atoms with Crippen molar-refractivity contribution < 1.29 is 0 Å². The van der Waals surface area contributed by atoms with Crippen LogP contribution in [0.4, 0.5) is 28.7 Å². The van der Waals surface area contributed by atoms with Gasteiger partial charge in [-0.3, -0.25) is 9.80 Å². The van der Waals surface area contributed by atoms with Gasteiger partial charge in [0.05, 0.1) is 0 Å². The third-order valence-electron chi connectivity index (χ3n) is 12.9. The molecule has 0 spiro atoms. The van der Waals surface area contributed by atoms with E-state index in [1.54, 1.807) is 5.57 Å². The van der Waals surface area contributed by atoms with Gasteiger partial charge >= 0.3 is 0 Å². The second kappa shape index (κ2) is 13.7. The minimum absolute atomic E-state index is 0.219. The van der Waals surface area contributed by atoms with Crippen molar-refractivity contribution in [3.8, 4) is 0 Å². The van der Waals surface area contributed by atoms with Crippen LogP contribution in [0.2, 0.25) is 0 Å². The normalized spacial score (nSPS) is 16.5. The molecule has 0 saturated carbocycles. The van der Waals surface area contributed by atoms with Crippen molar-refractivity contribution in [2.24, 2.45) is 0 Å². The van der Waals surface area contributed by atoms with E-state index in [0.717, 1.165) is 54.4 Å². The fraction of sp³-hybridized carbons (Fsp3) is 0.148. The highest BCUT2D eigenvalue weighted by Crippen LogP contribution is 2.56. The summed E-state index contributed by atoms with van der Waals surface area (Å²) < 4.78 is 0. The third kappa shape index (κ3) is 5.66. The Bertz CT molecular complexity index is 2940. The number of rotatable bonds is 6. The van der Waals surface area contributed by atoms with E-state index < -0.39 is 0 Å². The van der Waals surface area contributed by atoms with E-state index >= 15 is 0 Å². The summed E-state index contributed by atoms with van der Waals surface area (Å²) in [7, 11) is 0. The molecule has 0 N–H and O–H groups in total. The number of benzene rings is 6. The minimum atomic E-state index is -0.219. The molecule has 1 atom stereocenters. The Labute approximate surface area is 340 Å². The molecule has 6 aromatic carbocycles. The number of pyridine rings is 2. The average molecular weight is 749 g/mol. The fourth-order valence-electron chi connectivity index (χ4n) is 10.1. The fourth-order valence-corrected chi connectivity index (χ4v) is 10.1. The number of anilines is 5. The summed E-state index contributed by atoms with van der Waals surface area (Å²) in [4.78, 5) is 14.7. The monoisotopic (exact) mass is 748 g/mol. The molecule has 58 heavy (non-hydrogen) atoms. The summed E-state index contributed by atoms with van der Waals surface area (Å²) in [5.41, 5.74) is 14.4. The maximum Gasteiger partial charge on any atom is 0.137 e. The van der Waals surface area contributed by atoms with Gasteiger partial charge in [-0.25, -0.2) is 9.97 Å². The van der Waals surface area contributed by atoms with Crippen molar-refractivity contribution in [3.63, 3.8) is 0 Å². The summed E-state index contributed by atoms with van der Waals surface area (Å²) in [6.07, 6.45) is 10.4. The van der Waals surface area contributed by atoms with E-state index in [1.807, 2.05) is 24.5 Å². The Kier molecular flexibility index (Phi) is 8.14. The number of hydrogen-bond acceptors (Lipinski definition) is 4. The standard InChI is InChI=1S/C54H44N4/c1-54(2)49-18-8-7-17-45(49)46-28-24-38-23-27-43(57(51-19-9-11-29-55-51)41-25-21-36-13-3-5-15-39(36)31-41)33-47(38)48-34-44(35-50(54)53(46)48)58(52-20-10-12-30-56-52)42-26-22-37-14-4-6-16-40(37)32-42/h3-22,25-26,29-35,46H,23-24,27-28H2,1-2H3. The Morgan fingerprint density at radius 2 is 1.12 bits per heavy atom. The van der Waals surface area contributed by atoms with Crippen LogP contribution < -0.4 is 9.80 Å². The molecule has 11 rings (SSSR count). The van der Waals surface area contributed by atoms with Crippen LogP contribution in [0.25, 0.3) is 27.1 Å². The van der Waals surface area contributed by atoms with E-state index in [4.69, 9.17) is 9.97 Å². The quantitative estimate of drug-likeness (QED) is 0.169. The van der Waals surface area contributed by atoms with E-state index in [2.05, 4.69) is 175 Å². The molecular weight excluding hydrogens is 705 g/mol. The lowest BCUT2D eigenvalue weighted by atomic mass is 9.63. The maximum absolute atomic E-state index is 4.99. The number of nitrogens with zero attached hydrogens (tertiary/aromatic N) is 4. The Morgan fingerprint density at radius 1 is 0.517 bits per heavy atom. The zero-order chi connectivity index (χ0) is 38.8. The Hall–Kier alpha value is -6.78. The Balaban J connectivity index is 1.16. The van der Waals surface area contributed by atoms with E-state index in [1.165, 1.54) is 60.6 Å². The van der Waals surface area contributed by atoms with Crippen molar-refractivity contribution in [2.75, 3.05) is 9.80 Å². The van der Waals surface area contributed by atoms with Crippen LogP contribution in [0.3, 0.4) is 0 Å². The van der Waals surface area contributed by atoms with Crippen LogP contribution in [0.15, 0.2) is 187 Å². The topological polar surface area (TPSA) is 32.3 Å². The molecule has 4 nitrogen and oxygen atoms in total. The molecule has 3 aliphatic carbocycles. The van der Waals surface area contributed by atoms with Crippen LogP contribution in [-0.2, 0) is 5.41 Å². The lowest BCUT2D eigenvalue weighted by Crippen LogP contribution is -2.30. The first-order valence-corrected chi connectivity index (χ1v) is 20.6. The summed E-state index contributed by atoms with van der Waals surface area (Å²) in [5, 5.41) is 4.89. The molecular formula is C54H44N4. The largest absolute Gasteiger partial charge is 0.299 e. The van der Waals surface area contributed by atoms with Crippen LogP contribution in [0, 0.1) is 0 Å². The molecule has 3 aliphatic rings. The second-order valence-corrected chi connectivity index (χ2v) is 16.5. The molecule has 0 aliphatic heterocycles. The summed E-state index contributed by atoms with van der Waals surface area (Å²) in [5.74, 6) is 2.14. The van der Waals surface area contributed by atoms with Gasteiger partial charge in [0, 0.05) is 46.5 Å². The SMILES string of the molecule is CC1(C)c2ccccc2C2CCC3=C(C=C(N(c4ccc5ccccc5c4)c4ccccn4)CC3)c3cc(N(c4ccc5ccccc5c4)c4ccccn4)cc1c32. The highest BCUT2D eigenvalue weighted by molar-refractivity contribution is 5.92. The third-order valence-corrected chi connectivity index (χ3v) is 12.9. The molecule has 8 aromatic rings. The molecule has 0 radical (unpaired) electrons. The predicted octanol–water partition coefficient (Wildman–Crippen LogP) is 14.1. The molecule has 4 heteroatoms. The van der Waals surface area contributed by atoms with Gasteiger partial charge in [-0.15, -0.1) is 0 Å². The number of allylic oxidation sites excluding steroid dienone is 4. The second-order valence-electron chi connectivity index (χ2n) is 16.5. The van der Waals surface area contributed by atoms with Gasteiger partial charge < -0.3 is 0 Å². The Morgan fingerprint density at radius 3 is 1.79 bits per heavy atom. The van der Waals surface area contributed by atoms with E-state index in [0.29, 0.717) is 5.92 Å². The average Bonchev–Trinajstić information content (AvgIpc) is 3.43. The molecule has 0 amide bonds. The molecule has 0 bridgehead atoms. The minimum Gasteiger partial charge on any atom is -0.299 e. The maximum atomic E-state index is 4.99. The molecule has 2 heterocycles. The lowest BCUT2D eigenvalue weighted by Gasteiger charge is -2.41. The smallest absolute Gasteiger partial charge is 0.137 e. The van der Waals surface area contributed by atoms with Crippen molar-refractivity contribution in [3.05, 3.63) is 215 Å². The molecule has 2 aromatic heterocycles. The van der Waals surface area contributed by atoms with Crippen LogP contribution in [0.1, 0.15) is 73.3 Å². The van der Waals surface area contributed by atoms with Gasteiger partial charge in [0.2, 0.25) is 0 Å². The molecule has 0 saturated heterocycles. The summed E-state index contributed by atoms with van der Waals surface area (Å²) in [6, 6.07) is 57.5. The van der Waals surface area contributed by atoms with Crippen LogP contribution in [0.5, 0.6) is 0 Å². The first kappa shape index (κ1) is 34.5. The highest BCUT2D eigenvalue weighted by Gasteiger charge is 2.41. The predicted molar refractivity (Wildman–Crippen MR) is 241 cm³/mol. The number of fused-ring (bicyclic) bond motifs is 5. The first-order valence-electron chi connectivity index (χ1n) is 20.6. The van der Waals surface area contributed by atoms with Gasteiger partial charge in [0.25, 0.3) is 0 Å². The van der Waals surface area contributed by atoms with Crippen molar-refractivity contribution >= 4 is 55.8 Å². The molecule has 1 unspecified atom stereocenters. The molecule has 0 fully saturated rings. The summed E-state index contributed by atoms with van der Waals surface area (Å²) in [6.45, 7) is 4.85. The van der Waals surface area contributed by atoms with Gasteiger partial charge in [-0.1, -0.05) is 116 Å². The van der Waals surface area contributed by atoms with Crippen molar-refractivity contribution in [1.82, 2.24) is 9.97 Å². The van der Waals surface area contributed by atoms with E-state index in [-0.39, 0.29) is 5.41 Å². The lowest BCUT2D eigenvalue weighted by molar-refractivity contribution is 0.565. The molecule has 280 valence electrons.